The smallest absolute Gasteiger partial charge is 0.240 e. The van der Waals surface area contributed by atoms with Crippen molar-refractivity contribution >= 4 is 23.5 Å². The van der Waals surface area contributed by atoms with Crippen molar-refractivity contribution in [1.82, 2.24) is 9.97 Å². The summed E-state index contributed by atoms with van der Waals surface area (Å²) < 4.78 is 82.5. The first-order valence-corrected chi connectivity index (χ1v) is 14.1. The molecule has 2 heterocycles. The number of aromatic nitrogens is 2. The van der Waals surface area contributed by atoms with Crippen molar-refractivity contribution < 1.29 is 26.3 Å². The monoisotopic (exact) mass is 612 g/mol. The number of halogens is 6. The van der Waals surface area contributed by atoms with Gasteiger partial charge in [0.15, 0.2) is 0 Å². The molecule has 0 saturated heterocycles. The Bertz CT molecular complexity index is 1550. The van der Waals surface area contributed by atoms with Crippen LogP contribution in [0.1, 0.15) is 22.3 Å². The van der Waals surface area contributed by atoms with Gasteiger partial charge in [-0.25, -0.2) is 9.97 Å². The first kappa shape index (κ1) is 30.7. The molecule has 4 aromatic rings. The van der Waals surface area contributed by atoms with Crippen molar-refractivity contribution in [2.75, 3.05) is 11.5 Å². The van der Waals surface area contributed by atoms with E-state index in [0.29, 0.717) is 11.1 Å². The van der Waals surface area contributed by atoms with Crippen LogP contribution in [0.2, 0.25) is 0 Å². The summed E-state index contributed by atoms with van der Waals surface area (Å²) in [6.45, 7) is 0. The number of nitrogens with zero attached hydrogens (tertiary/aromatic N) is 4. The van der Waals surface area contributed by atoms with Crippen LogP contribution in [0.15, 0.2) is 95.0 Å². The summed E-state index contributed by atoms with van der Waals surface area (Å²) in [5.41, 5.74) is -2.30. The lowest BCUT2D eigenvalue weighted by molar-refractivity contribution is -0.138. The van der Waals surface area contributed by atoms with Gasteiger partial charge in [-0.3, -0.25) is 0 Å². The van der Waals surface area contributed by atoms with Crippen molar-refractivity contribution in [3.8, 4) is 34.7 Å². The van der Waals surface area contributed by atoms with Crippen LogP contribution < -0.4 is 0 Å². The Morgan fingerprint density at radius 1 is 0.619 bits per heavy atom. The van der Waals surface area contributed by atoms with E-state index < -0.39 is 34.6 Å². The Balaban J connectivity index is 1.54. The SMILES string of the molecule is N#Cc1c(C(F)(F)F)cc(-c2ccccc2)nc1SC/C=C/CSc1nc(-c2ccccc2)cc(C(F)(F)F)c1C#N. The van der Waals surface area contributed by atoms with Gasteiger partial charge < -0.3 is 0 Å². The zero-order chi connectivity index (χ0) is 30.3. The Labute approximate surface area is 245 Å². The minimum Gasteiger partial charge on any atom is -0.240 e. The summed E-state index contributed by atoms with van der Waals surface area (Å²) in [7, 11) is 0. The summed E-state index contributed by atoms with van der Waals surface area (Å²) in [6.07, 6.45) is -6.34. The van der Waals surface area contributed by atoms with E-state index in [1.807, 2.05) is 0 Å². The van der Waals surface area contributed by atoms with Gasteiger partial charge in [-0.1, -0.05) is 72.8 Å². The maximum absolute atomic E-state index is 13.8. The highest BCUT2D eigenvalue weighted by molar-refractivity contribution is 7.99. The first-order valence-electron chi connectivity index (χ1n) is 12.1. The largest absolute Gasteiger partial charge is 0.417 e. The number of hydrogen-bond acceptors (Lipinski definition) is 6. The molecule has 12 heteroatoms. The molecule has 0 saturated carbocycles. The topological polar surface area (TPSA) is 73.4 Å². The zero-order valence-electron chi connectivity index (χ0n) is 21.4. The van der Waals surface area contributed by atoms with Crippen molar-refractivity contribution in [1.29, 1.82) is 10.5 Å². The number of hydrogen-bond donors (Lipinski definition) is 0. The number of nitriles is 2. The molecule has 0 amide bonds. The van der Waals surface area contributed by atoms with Crippen LogP contribution in [0.25, 0.3) is 22.5 Å². The third-order valence-corrected chi connectivity index (χ3v) is 7.60. The van der Waals surface area contributed by atoms with Crippen LogP contribution in [0, 0.1) is 22.7 Å². The molecule has 0 radical (unpaired) electrons. The van der Waals surface area contributed by atoms with Gasteiger partial charge in [-0.05, 0) is 12.1 Å². The van der Waals surface area contributed by atoms with Gasteiger partial charge in [0.2, 0.25) is 0 Å². The average Bonchev–Trinajstić information content (AvgIpc) is 2.98. The molecule has 0 bridgehead atoms. The normalized spacial score (nSPS) is 11.8. The van der Waals surface area contributed by atoms with E-state index in [1.54, 1.807) is 85.0 Å². The molecule has 2 aromatic carbocycles. The number of alkyl halides is 6. The summed E-state index contributed by atoms with van der Waals surface area (Å²) in [4.78, 5) is 8.59. The second-order valence-electron chi connectivity index (χ2n) is 8.52. The molecule has 212 valence electrons. The number of thioether (sulfide) groups is 2. The Morgan fingerprint density at radius 2 is 0.976 bits per heavy atom. The summed E-state index contributed by atoms with van der Waals surface area (Å²) in [5.74, 6) is 0.266. The highest BCUT2D eigenvalue weighted by atomic mass is 32.2. The predicted octanol–water partition coefficient (Wildman–Crippen LogP) is 9.03. The van der Waals surface area contributed by atoms with Crippen LogP contribution in [0.4, 0.5) is 26.3 Å². The van der Waals surface area contributed by atoms with Crippen LogP contribution >= 0.6 is 23.5 Å². The van der Waals surface area contributed by atoms with E-state index in [-0.39, 0.29) is 32.9 Å². The molecule has 0 N–H and O–H groups in total. The van der Waals surface area contributed by atoms with Gasteiger partial charge in [0.25, 0.3) is 0 Å². The third kappa shape index (κ3) is 7.32. The van der Waals surface area contributed by atoms with E-state index in [0.717, 1.165) is 35.7 Å². The minimum absolute atomic E-state index is 0.0674. The summed E-state index contributed by atoms with van der Waals surface area (Å²) >= 11 is 1.85. The second kappa shape index (κ2) is 13.1. The maximum atomic E-state index is 13.8. The molecule has 0 aliphatic heterocycles. The van der Waals surface area contributed by atoms with Crippen molar-refractivity contribution in [3.63, 3.8) is 0 Å². The van der Waals surface area contributed by atoms with Crippen molar-refractivity contribution in [3.05, 3.63) is 107 Å². The second-order valence-corrected chi connectivity index (χ2v) is 10.5. The van der Waals surface area contributed by atoms with E-state index in [1.165, 1.54) is 0 Å². The van der Waals surface area contributed by atoms with E-state index in [9.17, 15) is 36.9 Å². The highest BCUT2D eigenvalue weighted by Crippen LogP contribution is 2.39. The molecule has 0 aliphatic carbocycles. The molecule has 4 rings (SSSR count). The van der Waals surface area contributed by atoms with Gasteiger partial charge >= 0.3 is 12.4 Å². The van der Waals surface area contributed by atoms with Crippen LogP contribution in [0.3, 0.4) is 0 Å². The summed E-state index contributed by atoms with van der Waals surface area (Å²) in [5, 5.41) is 18.8. The molecule has 0 fully saturated rings. The van der Waals surface area contributed by atoms with Crippen molar-refractivity contribution in [2.24, 2.45) is 0 Å². The van der Waals surface area contributed by atoms with Gasteiger partial charge in [0.1, 0.15) is 22.2 Å². The summed E-state index contributed by atoms with van der Waals surface area (Å²) in [6, 6.07) is 21.4. The molecule has 0 atom stereocenters. The predicted molar refractivity (Wildman–Crippen MR) is 149 cm³/mol. The lowest BCUT2D eigenvalue weighted by Gasteiger charge is -2.14. The Kier molecular flexibility index (Phi) is 9.61. The number of benzene rings is 2. The van der Waals surface area contributed by atoms with Gasteiger partial charge in [-0.2, -0.15) is 36.9 Å². The Morgan fingerprint density at radius 3 is 1.29 bits per heavy atom. The maximum Gasteiger partial charge on any atom is 0.417 e. The lowest BCUT2D eigenvalue weighted by atomic mass is 10.1. The number of rotatable bonds is 8. The molecule has 0 aliphatic rings. The van der Waals surface area contributed by atoms with E-state index >= 15 is 0 Å². The fourth-order valence-corrected chi connectivity index (χ4v) is 5.53. The Hall–Kier alpha value is -4.26. The molecule has 0 spiro atoms. The first-order chi connectivity index (χ1) is 20.0. The van der Waals surface area contributed by atoms with E-state index in [2.05, 4.69) is 9.97 Å². The van der Waals surface area contributed by atoms with Gasteiger partial charge in [-0.15, -0.1) is 23.5 Å². The quantitative estimate of drug-likeness (QED) is 0.112. The zero-order valence-corrected chi connectivity index (χ0v) is 23.0. The molecule has 0 unspecified atom stereocenters. The highest BCUT2D eigenvalue weighted by Gasteiger charge is 2.37. The third-order valence-electron chi connectivity index (χ3n) is 5.75. The lowest BCUT2D eigenvalue weighted by Crippen LogP contribution is -2.10. The van der Waals surface area contributed by atoms with Crippen LogP contribution in [0.5, 0.6) is 0 Å². The molecular weight excluding hydrogens is 594 g/mol. The molecule has 42 heavy (non-hydrogen) atoms. The van der Waals surface area contributed by atoms with Gasteiger partial charge in [0.05, 0.1) is 33.6 Å². The average molecular weight is 613 g/mol. The fourth-order valence-electron chi connectivity index (χ4n) is 3.82. The minimum atomic E-state index is -4.77. The van der Waals surface area contributed by atoms with Gasteiger partial charge in [0, 0.05) is 22.6 Å². The van der Waals surface area contributed by atoms with Crippen molar-refractivity contribution in [2.45, 2.75) is 22.4 Å². The van der Waals surface area contributed by atoms with Crippen LogP contribution in [-0.4, -0.2) is 21.5 Å². The van der Waals surface area contributed by atoms with Crippen LogP contribution in [-0.2, 0) is 12.4 Å². The standard InChI is InChI=1S/C30H18F6N4S2/c31-29(32,33)23-15-25(19-9-3-1-4-10-19)39-27(21(23)17-37)41-13-7-8-14-42-28-22(18-38)24(30(34,35)36)16-26(40-28)20-11-5-2-6-12-20/h1-12,15-16H,13-14H2/b8-7+. The molecular formula is C30H18F6N4S2. The number of pyridine rings is 2. The fraction of sp³-hybridized carbons (Fsp3) is 0.133. The molecule has 4 nitrogen and oxygen atoms in total. The van der Waals surface area contributed by atoms with E-state index in [4.69, 9.17) is 0 Å². The molecule has 2 aromatic heterocycles.